The van der Waals surface area contributed by atoms with Gasteiger partial charge in [0.2, 0.25) is 0 Å². The van der Waals surface area contributed by atoms with Crippen LogP contribution in [0.4, 0.5) is 0 Å². The van der Waals surface area contributed by atoms with Crippen LogP contribution < -0.4 is 14.8 Å². The lowest BCUT2D eigenvalue weighted by molar-refractivity contribution is 0.0652. The summed E-state index contributed by atoms with van der Waals surface area (Å²) in [5, 5.41) is 21.5. The minimum atomic E-state index is -1.04. The second-order valence-electron chi connectivity index (χ2n) is 4.91. The molecule has 0 bridgehead atoms. The maximum Gasteiger partial charge on any atom is 0.252 e. The van der Waals surface area contributed by atoms with Crippen molar-refractivity contribution >= 4 is 5.91 Å². The summed E-state index contributed by atoms with van der Waals surface area (Å²) < 4.78 is 10.5. The van der Waals surface area contributed by atoms with Crippen molar-refractivity contribution in [3.63, 3.8) is 0 Å². The molecule has 0 saturated carbocycles. The van der Waals surface area contributed by atoms with Crippen molar-refractivity contribution in [1.82, 2.24) is 5.32 Å². The van der Waals surface area contributed by atoms with Gasteiger partial charge in [-0.2, -0.15) is 0 Å². The van der Waals surface area contributed by atoms with E-state index in [4.69, 9.17) is 9.47 Å². The zero-order valence-electron chi connectivity index (χ0n) is 12.9. The molecule has 0 aliphatic heterocycles. The molecule has 0 fully saturated rings. The van der Waals surface area contributed by atoms with Gasteiger partial charge in [-0.25, -0.2) is 0 Å². The second kappa shape index (κ2) is 7.28. The van der Waals surface area contributed by atoms with Crippen LogP contribution >= 0.6 is 0 Å². The second-order valence-corrected chi connectivity index (χ2v) is 4.91. The first-order chi connectivity index (χ1) is 9.96. The zero-order chi connectivity index (χ0) is 16.0. The Bertz CT molecular complexity index is 464. The number of aliphatic hydroxyl groups is 2. The summed E-state index contributed by atoms with van der Waals surface area (Å²) in [5.74, 6) is 0.667. The largest absolute Gasteiger partial charge is 0.496 e. The Balaban J connectivity index is 3.13. The van der Waals surface area contributed by atoms with E-state index in [0.717, 1.165) is 5.56 Å². The van der Waals surface area contributed by atoms with Gasteiger partial charge in [-0.15, -0.1) is 0 Å². The van der Waals surface area contributed by atoms with Gasteiger partial charge in [0.05, 0.1) is 33.0 Å². The maximum absolute atomic E-state index is 12.3. The van der Waals surface area contributed by atoms with Crippen molar-refractivity contribution < 1.29 is 24.5 Å². The van der Waals surface area contributed by atoms with E-state index in [2.05, 4.69) is 5.32 Å². The standard InChI is InChI=1S/C15H23NO5/c1-5-15(8-17,9-18)16-14(19)11-6-12(20-3)10(2)13(7-11)21-4/h6-7,17-18H,5,8-9H2,1-4H3,(H,16,19). The van der Waals surface area contributed by atoms with Crippen molar-refractivity contribution in [3.8, 4) is 11.5 Å². The average molecular weight is 297 g/mol. The number of amides is 1. The Morgan fingerprint density at radius 2 is 1.67 bits per heavy atom. The Hall–Kier alpha value is -1.79. The fourth-order valence-corrected chi connectivity index (χ4v) is 1.97. The first-order valence-corrected chi connectivity index (χ1v) is 6.73. The lowest BCUT2D eigenvalue weighted by atomic mass is 9.97. The van der Waals surface area contributed by atoms with Gasteiger partial charge in [-0.1, -0.05) is 6.92 Å². The van der Waals surface area contributed by atoms with E-state index in [1.807, 2.05) is 6.92 Å². The number of benzene rings is 1. The summed E-state index contributed by atoms with van der Waals surface area (Å²) >= 11 is 0. The number of rotatable bonds is 7. The normalized spacial score (nSPS) is 11.1. The molecule has 3 N–H and O–H groups in total. The third-order valence-electron chi connectivity index (χ3n) is 3.68. The molecule has 1 aromatic rings. The highest BCUT2D eigenvalue weighted by Crippen LogP contribution is 2.29. The smallest absolute Gasteiger partial charge is 0.252 e. The number of carbonyl (C=O) groups excluding carboxylic acids is 1. The topological polar surface area (TPSA) is 88.0 Å². The highest BCUT2D eigenvalue weighted by atomic mass is 16.5. The molecule has 0 aromatic heterocycles. The minimum Gasteiger partial charge on any atom is -0.496 e. The minimum absolute atomic E-state index is 0.341. The molecule has 0 saturated heterocycles. The molecule has 1 aromatic carbocycles. The molecule has 0 unspecified atom stereocenters. The van der Waals surface area contributed by atoms with Crippen molar-refractivity contribution in [2.45, 2.75) is 25.8 Å². The molecule has 0 aliphatic rings. The van der Waals surface area contributed by atoms with E-state index in [1.165, 1.54) is 14.2 Å². The third-order valence-corrected chi connectivity index (χ3v) is 3.68. The Morgan fingerprint density at radius 3 is 2.00 bits per heavy atom. The number of methoxy groups -OCH3 is 2. The van der Waals surface area contributed by atoms with Crippen LogP contribution in [0.3, 0.4) is 0 Å². The molecule has 1 amide bonds. The maximum atomic E-state index is 12.3. The predicted molar refractivity (Wildman–Crippen MR) is 78.9 cm³/mol. The summed E-state index contributed by atoms with van der Waals surface area (Å²) in [7, 11) is 3.03. The molecule has 0 heterocycles. The highest BCUT2D eigenvalue weighted by Gasteiger charge is 2.29. The lowest BCUT2D eigenvalue weighted by Gasteiger charge is -2.29. The molecular weight excluding hydrogens is 274 g/mol. The van der Waals surface area contributed by atoms with E-state index < -0.39 is 11.4 Å². The molecule has 0 atom stereocenters. The summed E-state index contributed by atoms with van der Waals surface area (Å²) in [6, 6.07) is 3.20. The van der Waals surface area contributed by atoms with Crippen molar-refractivity contribution in [2.75, 3.05) is 27.4 Å². The fourth-order valence-electron chi connectivity index (χ4n) is 1.97. The Labute approximate surface area is 124 Å². The molecule has 21 heavy (non-hydrogen) atoms. The van der Waals surface area contributed by atoms with Gasteiger partial charge >= 0.3 is 0 Å². The molecule has 6 nitrogen and oxygen atoms in total. The van der Waals surface area contributed by atoms with Crippen LogP contribution in [0.2, 0.25) is 0 Å². The fraction of sp³-hybridized carbons (Fsp3) is 0.533. The van der Waals surface area contributed by atoms with E-state index >= 15 is 0 Å². The molecular formula is C15H23NO5. The molecule has 0 radical (unpaired) electrons. The molecule has 6 heteroatoms. The molecule has 0 spiro atoms. The van der Waals surface area contributed by atoms with Crippen LogP contribution in [-0.4, -0.2) is 49.1 Å². The third kappa shape index (κ3) is 3.65. The van der Waals surface area contributed by atoms with Crippen molar-refractivity contribution in [2.24, 2.45) is 0 Å². The van der Waals surface area contributed by atoms with E-state index in [1.54, 1.807) is 19.1 Å². The summed E-state index contributed by atoms with van der Waals surface area (Å²) in [6.07, 6.45) is 0.409. The average Bonchev–Trinajstić information content (AvgIpc) is 2.52. The Kier molecular flexibility index (Phi) is 5.99. The first-order valence-electron chi connectivity index (χ1n) is 6.73. The van der Waals surface area contributed by atoms with Gasteiger partial charge in [-0.05, 0) is 25.5 Å². The van der Waals surface area contributed by atoms with E-state index in [9.17, 15) is 15.0 Å². The van der Waals surface area contributed by atoms with E-state index in [-0.39, 0.29) is 13.2 Å². The van der Waals surface area contributed by atoms with Crippen LogP contribution in [0.15, 0.2) is 12.1 Å². The van der Waals surface area contributed by atoms with Gasteiger partial charge in [0.1, 0.15) is 11.5 Å². The number of carbonyl (C=O) groups is 1. The van der Waals surface area contributed by atoms with Crippen LogP contribution in [0.1, 0.15) is 29.3 Å². The molecule has 0 aliphatic carbocycles. The number of nitrogens with one attached hydrogen (secondary N) is 1. The first kappa shape index (κ1) is 17.3. The van der Waals surface area contributed by atoms with Gasteiger partial charge in [0.25, 0.3) is 5.91 Å². The highest BCUT2D eigenvalue weighted by molar-refractivity contribution is 5.95. The van der Waals surface area contributed by atoms with Gasteiger partial charge in [0, 0.05) is 11.1 Å². The number of aliphatic hydroxyl groups excluding tert-OH is 2. The lowest BCUT2D eigenvalue weighted by Crippen LogP contribution is -2.53. The number of hydrogen-bond donors (Lipinski definition) is 3. The Morgan fingerprint density at radius 1 is 1.19 bits per heavy atom. The monoisotopic (exact) mass is 297 g/mol. The summed E-state index contributed by atoms with van der Waals surface area (Å²) in [6.45, 7) is 2.93. The van der Waals surface area contributed by atoms with Gasteiger partial charge < -0.3 is 25.0 Å². The van der Waals surface area contributed by atoms with Crippen LogP contribution in [0.5, 0.6) is 11.5 Å². The van der Waals surface area contributed by atoms with Crippen LogP contribution in [0, 0.1) is 6.92 Å². The molecule has 1 rings (SSSR count). The molecule has 118 valence electrons. The number of hydrogen-bond acceptors (Lipinski definition) is 5. The van der Waals surface area contributed by atoms with Crippen LogP contribution in [0.25, 0.3) is 0 Å². The SMILES string of the molecule is CCC(CO)(CO)NC(=O)c1cc(OC)c(C)c(OC)c1. The van der Waals surface area contributed by atoms with Crippen molar-refractivity contribution in [1.29, 1.82) is 0 Å². The van der Waals surface area contributed by atoms with E-state index in [0.29, 0.717) is 23.5 Å². The summed E-state index contributed by atoms with van der Waals surface area (Å²) in [4.78, 5) is 12.3. The predicted octanol–water partition coefficient (Wildman–Crippen LogP) is 0.875. The summed E-state index contributed by atoms with van der Waals surface area (Å²) in [5.41, 5.74) is 0.0965. The quantitative estimate of drug-likeness (QED) is 0.695. The number of ether oxygens (including phenoxy) is 2. The van der Waals surface area contributed by atoms with Crippen molar-refractivity contribution in [3.05, 3.63) is 23.3 Å². The van der Waals surface area contributed by atoms with Crippen LogP contribution in [-0.2, 0) is 0 Å². The zero-order valence-corrected chi connectivity index (χ0v) is 12.9. The van der Waals surface area contributed by atoms with Gasteiger partial charge in [-0.3, -0.25) is 4.79 Å². The van der Waals surface area contributed by atoms with Gasteiger partial charge in [0.15, 0.2) is 0 Å².